The lowest BCUT2D eigenvalue weighted by atomic mass is 10.1. The topological polar surface area (TPSA) is 91.2 Å². The summed E-state index contributed by atoms with van der Waals surface area (Å²) in [6, 6.07) is 14.0. The SMILES string of the molecule is N#CCc1ccc(NC(=O)c2ccc3c(c2)NC(=O)CO3)cc1. The van der Waals surface area contributed by atoms with Crippen molar-refractivity contribution in [2.75, 3.05) is 17.2 Å². The molecular formula is C17H13N3O3. The maximum atomic E-state index is 12.3. The van der Waals surface area contributed by atoms with Crippen LogP contribution in [0, 0.1) is 11.3 Å². The van der Waals surface area contributed by atoms with Crippen molar-refractivity contribution in [1.29, 1.82) is 5.26 Å². The monoisotopic (exact) mass is 307 g/mol. The van der Waals surface area contributed by atoms with Crippen molar-refractivity contribution in [3.8, 4) is 11.8 Å². The van der Waals surface area contributed by atoms with Gasteiger partial charge in [0.1, 0.15) is 5.75 Å². The highest BCUT2D eigenvalue weighted by molar-refractivity contribution is 6.06. The van der Waals surface area contributed by atoms with Crippen LogP contribution in [0.25, 0.3) is 0 Å². The average Bonchev–Trinajstić information content (AvgIpc) is 2.56. The van der Waals surface area contributed by atoms with Crippen LogP contribution in [0.4, 0.5) is 11.4 Å². The lowest BCUT2D eigenvalue weighted by molar-refractivity contribution is -0.118. The molecule has 0 radical (unpaired) electrons. The first-order valence-electron chi connectivity index (χ1n) is 6.99. The van der Waals surface area contributed by atoms with Gasteiger partial charge in [-0.15, -0.1) is 0 Å². The molecule has 0 saturated carbocycles. The van der Waals surface area contributed by atoms with Crippen LogP contribution in [0.2, 0.25) is 0 Å². The van der Waals surface area contributed by atoms with Crippen molar-refractivity contribution in [2.24, 2.45) is 0 Å². The molecule has 0 aromatic heterocycles. The molecule has 1 aliphatic rings. The van der Waals surface area contributed by atoms with Gasteiger partial charge in [0.25, 0.3) is 11.8 Å². The van der Waals surface area contributed by atoms with Crippen LogP contribution in [0.15, 0.2) is 42.5 Å². The molecule has 114 valence electrons. The lowest BCUT2D eigenvalue weighted by Crippen LogP contribution is -2.25. The summed E-state index contributed by atoms with van der Waals surface area (Å²) in [4.78, 5) is 23.6. The van der Waals surface area contributed by atoms with Gasteiger partial charge < -0.3 is 15.4 Å². The van der Waals surface area contributed by atoms with Crippen LogP contribution in [0.1, 0.15) is 15.9 Å². The molecule has 2 amide bonds. The summed E-state index contributed by atoms with van der Waals surface area (Å²) in [5.74, 6) is 0.00537. The lowest BCUT2D eigenvalue weighted by Gasteiger charge is -2.18. The van der Waals surface area contributed by atoms with E-state index in [0.29, 0.717) is 29.1 Å². The Labute approximate surface area is 132 Å². The molecule has 3 rings (SSSR count). The molecule has 0 fully saturated rings. The Morgan fingerprint density at radius 2 is 2.04 bits per heavy atom. The highest BCUT2D eigenvalue weighted by atomic mass is 16.5. The van der Waals surface area contributed by atoms with E-state index in [1.807, 2.05) is 0 Å². The number of hydrogen-bond acceptors (Lipinski definition) is 4. The molecule has 2 aromatic rings. The Bertz CT molecular complexity index is 807. The molecular weight excluding hydrogens is 294 g/mol. The Balaban J connectivity index is 1.74. The summed E-state index contributed by atoms with van der Waals surface area (Å²) in [6.07, 6.45) is 0.332. The maximum Gasteiger partial charge on any atom is 0.262 e. The number of amides is 2. The molecule has 0 atom stereocenters. The minimum absolute atomic E-state index is 0.0202. The summed E-state index contributed by atoms with van der Waals surface area (Å²) in [5.41, 5.74) is 2.42. The summed E-state index contributed by atoms with van der Waals surface area (Å²) in [5, 5.41) is 14.1. The number of nitrogens with zero attached hydrogens (tertiary/aromatic N) is 1. The van der Waals surface area contributed by atoms with Crippen molar-refractivity contribution in [2.45, 2.75) is 6.42 Å². The van der Waals surface area contributed by atoms with Crippen LogP contribution < -0.4 is 15.4 Å². The first-order valence-corrected chi connectivity index (χ1v) is 6.99. The zero-order chi connectivity index (χ0) is 16.2. The Hall–Kier alpha value is -3.33. The molecule has 23 heavy (non-hydrogen) atoms. The molecule has 0 bridgehead atoms. The number of rotatable bonds is 3. The van der Waals surface area contributed by atoms with Gasteiger partial charge in [-0.05, 0) is 35.9 Å². The maximum absolute atomic E-state index is 12.3. The number of ether oxygens (including phenoxy) is 1. The van der Waals surface area contributed by atoms with E-state index in [2.05, 4.69) is 16.7 Å². The minimum atomic E-state index is -0.291. The highest BCUT2D eigenvalue weighted by Crippen LogP contribution is 2.28. The van der Waals surface area contributed by atoms with Gasteiger partial charge in [-0.3, -0.25) is 9.59 Å². The molecule has 0 aliphatic carbocycles. The van der Waals surface area contributed by atoms with Crippen LogP contribution in [-0.2, 0) is 11.2 Å². The van der Waals surface area contributed by atoms with Gasteiger partial charge in [0.2, 0.25) is 0 Å². The van der Waals surface area contributed by atoms with Crippen LogP contribution in [0.5, 0.6) is 5.75 Å². The van der Waals surface area contributed by atoms with Crippen molar-refractivity contribution in [1.82, 2.24) is 0 Å². The van der Waals surface area contributed by atoms with E-state index in [4.69, 9.17) is 10.00 Å². The van der Waals surface area contributed by atoms with E-state index in [0.717, 1.165) is 5.56 Å². The number of nitriles is 1. The molecule has 2 aromatic carbocycles. The van der Waals surface area contributed by atoms with Gasteiger partial charge in [0.15, 0.2) is 6.61 Å². The largest absolute Gasteiger partial charge is 0.482 e. The van der Waals surface area contributed by atoms with Crippen LogP contribution in [0.3, 0.4) is 0 Å². The molecule has 1 aliphatic heterocycles. The molecule has 0 spiro atoms. The third kappa shape index (κ3) is 3.30. The number of fused-ring (bicyclic) bond motifs is 1. The van der Waals surface area contributed by atoms with E-state index < -0.39 is 0 Å². The standard InChI is InChI=1S/C17H13N3O3/c18-8-7-11-1-4-13(5-2-11)19-17(22)12-3-6-15-14(9-12)20-16(21)10-23-15/h1-6,9H,7,10H2,(H,19,22)(H,20,21). The highest BCUT2D eigenvalue weighted by Gasteiger charge is 2.17. The van der Waals surface area contributed by atoms with Crippen molar-refractivity contribution in [3.63, 3.8) is 0 Å². The molecule has 6 heteroatoms. The predicted octanol–water partition coefficient (Wildman–Crippen LogP) is 2.34. The second-order valence-corrected chi connectivity index (χ2v) is 5.03. The zero-order valence-electron chi connectivity index (χ0n) is 12.1. The average molecular weight is 307 g/mol. The first kappa shape index (κ1) is 14.6. The van der Waals surface area contributed by atoms with E-state index in [1.165, 1.54) is 0 Å². The molecule has 1 heterocycles. The fraction of sp³-hybridized carbons (Fsp3) is 0.118. The molecule has 6 nitrogen and oxygen atoms in total. The van der Waals surface area contributed by atoms with E-state index in [-0.39, 0.29) is 18.4 Å². The summed E-state index contributed by atoms with van der Waals surface area (Å²) < 4.78 is 5.25. The smallest absolute Gasteiger partial charge is 0.262 e. The van der Waals surface area contributed by atoms with Crippen molar-refractivity contribution < 1.29 is 14.3 Å². The summed E-state index contributed by atoms with van der Waals surface area (Å²) >= 11 is 0. The number of benzene rings is 2. The van der Waals surface area contributed by atoms with Gasteiger partial charge in [0.05, 0.1) is 18.2 Å². The van der Waals surface area contributed by atoms with Crippen LogP contribution >= 0.6 is 0 Å². The quantitative estimate of drug-likeness (QED) is 0.910. The fourth-order valence-corrected chi connectivity index (χ4v) is 2.22. The normalized spacial score (nSPS) is 12.4. The third-order valence-electron chi connectivity index (χ3n) is 3.37. The van der Waals surface area contributed by atoms with Gasteiger partial charge in [-0.1, -0.05) is 12.1 Å². The number of anilines is 2. The number of carbonyl (C=O) groups is 2. The summed E-state index contributed by atoms with van der Waals surface area (Å²) in [6.45, 7) is -0.0202. The van der Waals surface area contributed by atoms with Gasteiger partial charge in [-0.2, -0.15) is 5.26 Å². The Kier molecular flexibility index (Phi) is 3.93. The Morgan fingerprint density at radius 1 is 1.26 bits per heavy atom. The van der Waals surface area contributed by atoms with Gasteiger partial charge in [-0.25, -0.2) is 0 Å². The van der Waals surface area contributed by atoms with Gasteiger partial charge >= 0.3 is 0 Å². The number of hydrogen-bond donors (Lipinski definition) is 2. The number of nitrogens with one attached hydrogen (secondary N) is 2. The second-order valence-electron chi connectivity index (χ2n) is 5.03. The first-order chi connectivity index (χ1) is 11.2. The van der Waals surface area contributed by atoms with Crippen LogP contribution in [-0.4, -0.2) is 18.4 Å². The fourth-order valence-electron chi connectivity index (χ4n) is 2.22. The Morgan fingerprint density at radius 3 is 2.78 bits per heavy atom. The molecule has 2 N–H and O–H groups in total. The van der Waals surface area contributed by atoms with Crippen molar-refractivity contribution in [3.05, 3.63) is 53.6 Å². The molecule has 0 saturated heterocycles. The summed E-state index contributed by atoms with van der Waals surface area (Å²) in [7, 11) is 0. The zero-order valence-corrected chi connectivity index (χ0v) is 12.1. The van der Waals surface area contributed by atoms with Crippen molar-refractivity contribution >= 4 is 23.2 Å². The van der Waals surface area contributed by atoms with E-state index in [9.17, 15) is 9.59 Å². The third-order valence-corrected chi connectivity index (χ3v) is 3.37. The molecule has 0 unspecified atom stereocenters. The predicted molar refractivity (Wildman–Crippen MR) is 84.3 cm³/mol. The second kappa shape index (κ2) is 6.20. The van der Waals surface area contributed by atoms with Gasteiger partial charge in [0, 0.05) is 11.3 Å². The van der Waals surface area contributed by atoms with E-state index >= 15 is 0 Å². The number of carbonyl (C=O) groups excluding carboxylic acids is 2. The minimum Gasteiger partial charge on any atom is -0.482 e. The van der Waals surface area contributed by atoms with E-state index in [1.54, 1.807) is 42.5 Å².